The molecular formula is C20H15BrFN3O2. The maximum atomic E-state index is 14.0. The molecule has 0 bridgehead atoms. The van der Waals surface area contributed by atoms with Gasteiger partial charge in [-0.3, -0.25) is 14.6 Å². The molecule has 2 aliphatic rings. The Balaban J connectivity index is 1.66. The molecule has 5 rings (SSSR count). The fraction of sp³-hybridized carbons (Fsp3) is 0.250. The smallest absolute Gasteiger partial charge is 0.248 e. The summed E-state index contributed by atoms with van der Waals surface area (Å²) >= 11 is 3.25. The predicted molar refractivity (Wildman–Crippen MR) is 104 cm³/mol. The van der Waals surface area contributed by atoms with E-state index in [0.717, 1.165) is 22.2 Å². The molecule has 1 spiro atoms. The molecule has 136 valence electrons. The number of benzene rings is 1. The van der Waals surface area contributed by atoms with Gasteiger partial charge in [0.25, 0.3) is 0 Å². The van der Waals surface area contributed by atoms with E-state index >= 15 is 0 Å². The molecule has 2 aromatic heterocycles. The van der Waals surface area contributed by atoms with Crippen LogP contribution in [0.5, 0.6) is 0 Å². The first kappa shape index (κ1) is 16.6. The van der Waals surface area contributed by atoms with Crippen molar-refractivity contribution in [3.63, 3.8) is 0 Å². The fourth-order valence-corrected chi connectivity index (χ4v) is 4.93. The quantitative estimate of drug-likeness (QED) is 0.644. The number of rotatable bonds is 1. The molecule has 3 heterocycles. The zero-order valence-electron chi connectivity index (χ0n) is 14.4. The van der Waals surface area contributed by atoms with E-state index in [9.17, 15) is 14.0 Å². The Labute approximate surface area is 162 Å². The van der Waals surface area contributed by atoms with Crippen LogP contribution in [0.15, 0.2) is 45.9 Å². The van der Waals surface area contributed by atoms with Gasteiger partial charge in [0.1, 0.15) is 5.82 Å². The highest BCUT2D eigenvalue weighted by molar-refractivity contribution is 9.10. The summed E-state index contributed by atoms with van der Waals surface area (Å²) < 4.78 is 14.3. The second-order valence-corrected chi connectivity index (χ2v) is 8.19. The highest BCUT2D eigenvalue weighted by atomic mass is 79.9. The Morgan fingerprint density at radius 1 is 1.30 bits per heavy atom. The summed E-state index contributed by atoms with van der Waals surface area (Å²) in [5.74, 6) is -0.201. The zero-order chi connectivity index (χ0) is 18.9. The average Bonchev–Trinajstić information content (AvgIpc) is 2.83. The number of carbonyl (C=O) groups excluding carboxylic acids is 1. The van der Waals surface area contributed by atoms with Gasteiger partial charge in [0.15, 0.2) is 0 Å². The fourth-order valence-electron chi connectivity index (χ4n) is 4.58. The maximum Gasteiger partial charge on any atom is 0.248 e. The van der Waals surface area contributed by atoms with Crippen molar-refractivity contribution >= 4 is 38.4 Å². The number of nitrogens with one attached hydrogen (secondary N) is 1. The predicted octanol–water partition coefficient (Wildman–Crippen LogP) is 3.62. The molecule has 1 aromatic carbocycles. The summed E-state index contributed by atoms with van der Waals surface area (Å²) in [6, 6.07) is 6.59. The van der Waals surface area contributed by atoms with Gasteiger partial charge < -0.3 is 9.88 Å². The van der Waals surface area contributed by atoms with Crippen LogP contribution in [0.4, 0.5) is 10.1 Å². The summed E-state index contributed by atoms with van der Waals surface area (Å²) in [5.41, 5.74) is 2.39. The number of halogens is 2. The number of H-pyrrole nitrogens is 1. The van der Waals surface area contributed by atoms with Crippen molar-refractivity contribution in [3.8, 4) is 0 Å². The molecule has 1 aliphatic heterocycles. The Hall–Kier alpha value is -2.54. The number of pyridine rings is 2. The molecule has 1 aliphatic carbocycles. The molecule has 0 unspecified atom stereocenters. The zero-order valence-corrected chi connectivity index (χ0v) is 16.0. The molecule has 0 saturated heterocycles. The van der Waals surface area contributed by atoms with E-state index in [0.29, 0.717) is 22.8 Å². The molecule has 1 amide bonds. The minimum absolute atomic E-state index is 0.0355. The van der Waals surface area contributed by atoms with Crippen LogP contribution < -0.4 is 10.5 Å². The van der Waals surface area contributed by atoms with Crippen LogP contribution in [0, 0.1) is 5.82 Å². The number of anilines is 1. The van der Waals surface area contributed by atoms with Crippen LogP contribution in [0.1, 0.15) is 29.9 Å². The molecule has 0 atom stereocenters. The van der Waals surface area contributed by atoms with Gasteiger partial charge in [-0.25, -0.2) is 4.39 Å². The number of aromatic amines is 1. The minimum atomic E-state index is -0.643. The van der Waals surface area contributed by atoms with Gasteiger partial charge in [0, 0.05) is 36.3 Å². The van der Waals surface area contributed by atoms with Crippen molar-refractivity contribution in [2.75, 3.05) is 11.9 Å². The molecule has 5 nitrogen and oxygen atoms in total. The first-order valence-electron chi connectivity index (χ1n) is 8.66. The third kappa shape index (κ3) is 2.18. The van der Waals surface area contributed by atoms with Crippen molar-refractivity contribution in [2.45, 2.75) is 24.2 Å². The van der Waals surface area contributed by atoms with E-state index < -0.39 is 5.41 Å². The van der Waals surface area contributed by atoms with Crippen LogP contribution in [0.2, 0.25) is 0 Å². The van der Waals surface area contributed by atoms with Gasteiger partial charge in [-0.05, 0) is 52.4 Å². The monoisotopic (exact) mass is 427 g/mol. The number of aromatic nitrogens is 2. The number of hydrogen-bond donors (Lipinski definition) is 1. The average molecular weight is 428 g/mol. The van der Waals surface area contributed by atoms with E-state index in [1.54, 1.807) is 36.5 Å². The third-order valence-electron chi connectivity index (χ3n) is 5.90. The molecule has 0 radical (unpaired) electrons. The summed E-state index contributed by atoms with van der Waals surface area (Å²) in [4.78, 5) is 33.4. The highest BCUT2D eigenvalue weighted by Crippen LogP contribution is 2.60. The number of hydrogen-bond acceptors (Lipinski definition) is 3. The van der Waals surface area contributed by atoms with Crippen LogP contribution in [-0.4, -0.2) is 22.9 Å². The van der Waals surface area contributed by atoms with Gasteiger partial charge in [-0.15, -0.1) is 0 Å². The van der Waals surface area contributed by atoms with Crippen molar-refractivity contribution in [1.82, 2.24) is 9.97 Å². The summed E-state index contributed by atoms with van der Waals surface area (Å²) in [7, 11) is 1.75. The maximum absolute atomic E-state index is 14.0. The normalized spacial score (nSPS) is 23.7. The van der Waals surface area contributed by atoms with E-state index in [1.807, 2.05) is 6.07 Å². The standard InChI is InChI=1S/C20H15BrFN3O2/c1-25-16-9-24-15-6-14(22)13(21)5-12(15)18(16)20(19(25)27)7-11(8-20)10-2-3-23-17(26)4-10/h2-6,9,11H,7-8H2,1H3,(H,23,26)/t11-,20+. The van der Waals surface area contributed by atoms with E-state index in [-0.39, 0.29) is 23.2 Å². The molecule has 1 saturated carbocycles. The highest BCUT2D eigenvalue weighted by Gasteiger charge is 2.58. The molecule has 7 heteroatoms. The Morgan fingerprint density at radius 3 is 2.81 bits per heavy atom. The second kappa shape index (κ2) is 5.48. The van der Waals surface area contributed by atoms with Gasteiger partial charge >= 0.3 is 0 Å². The van der Waals surface area contributed by atoms with Crippen LogP contribution in [0.25, 0.3) is 10.9 Å². The lowest BCUT2D eigenvalue weighted by Crippen LogP contribution is -2.48. The lowest BCUT2D eigenvalue weighted by molar-refractivity contribution is -0.126. The second-order valence-electron chi connectivity index (χ2n) is 7.34. The lowest BCUT2D eigenvalue weighted by atomic mass is 9.57. The van der Waals surface area contributed by atoms with E-state index in [2.05, 4.69) is 25.9 Å². The summed E-state index contributed by atoms with van der Waals surface area (Å²) in [5, 5.41) is 0.794. The number of nitrogens with zero attached hydrogens (tertiary/aromatic N) is 2. The summed E-state index contributed by atoms with van der Waals surface area (Å²) in [6.07, 6.45) is 4.54. The number of likely N-dealkylation sites (N-methyl/N-ethyl adjacent to an activating group) is 1. The van der Waals surface area contributed by atoms with Gasteiger partial charge in [-0.1, -0.05) is 0 Å². The Bertz CT molecular complexity index is 1180. The Morgan fingerprint density at radius 2 is 2.07 bits per heavy atom. The lowest BCUT2D eigenvalue weighted by Gasteiger charge is -2.44. The van der Waals surface area contributed by atoms with Crippen LogP contribution >= 0.6 is 15.9 Å². The number of amides is 1. The van der Waals surface area contributed by atoms with Gasteiger partial charge in [0.2, 0.25) is 11.5 Å². The van der Waals surface area contributed by atoms with Crippen molar-refractivity contribution < 1.29 is 9.18 Å². The van der Waals surface area contributed by atoms with Crippen molar-refractivity contribution in [2.24, 2.45) is 0 Å². The van der Waals surface area contributed by atoms with Gasteiger partial charge in [-0.2, -0.15) is 0 Å². The third-order valence-corrected chi connectivity index (χ3v) is 6.51. The summed E-state index contributed by atoms with van der Waals surface area (Å²) in [6.45, 7) is 0. The van der Waals surface area contributed by atoms with Crippen LogP contribution in [0.3, 0.4) is 0 Å². The molecule has 1 fully saturated rings. The van der Waals surface area contributed by atoms with E-state index in [4.69, 9.17) is 0 Å². The molecule has 1 N–H and O–H groups in total. The first-order valence-corrected chi connectivity index (χ1v) is 9.45. The molecular weight excluding hydrogens is 413 g/mol. The largest absolute Gasteiger partial charge is 0.329 e. The molecule has 3 aromatic rings. The SMILES string of the molecule is CN1c2cnc3cc(F)c(Br)cc3c2[C@]2(C[C@H](c3cc[nH]c(=O)c3)C2)C1=O. The molecule has 27 heavy (non-hydrogen) atoms. The van der Waals surface area contributed by atoms with Crippen molar-refractivity contribution in [1.29, 1.82) is 0 Å². The van der Waals surface area contributed by atoms with Crippen LogP contribution in [-0.2, 0) is 10.2 Å². The first-order chi connectivity index (χ1) is 12.9. The number of carbonyl (C=O) groups is 1. The number of fused-ring (bicyclic) bond motifs is 4. The topological polar surface area (TPSA) is 66.1 Å². The minimum Gasteiger partial charge on any atom is -0.329 e. The van der Waals surface area contributed by atoms with Crippen molar-refractivity contribution in [3.05, 3.63) is 68.4 Å². The van der Waals surface area contributed by atoms with Gasteiger partial charge in [0.05, 0.1) is 27.3 Å². The van der Waals surface area contributed by atoms with E-state index in [1.165, 1.54) is 6.07 Å². The Kier molecular flexibility index (Phi) is 3.37.